The molecule has 0 fully saturated rings. The van der Waals surface area contributed by atoms with E-state index in [0.29, 0.717) is 24.3 Å². The molecule has 0 amide bonds. The normalized spacial score (nSPS) is 12.3. The molecule has 0 spiro atoms. The topological polar surface area (TPSA) is 92.1 Å². The van der Waals surface area contributed by atoms with Crippen LogP contribution in [0.3, 0.4) is 0 Å². The smallest absolute Gasteiger partial charge is 0.240 e. The Morgan fingerprint density at radius 3 is 2.46 bits per heavy atom. The van der Waals surface area contributed by atoms with Crippen LogP contribution in [-0.2, 0) is 23.1 Å². The third kappa shape index (κ3) is 5.78. The Labute approximate surface area is 216 Å². The summed E-state index contributed by atoms with van der Waals surface area (Å²) in [5, 5.41) is 11.7. The maximum absolute atomic E-state index is 13.1. The van der Waals surface area contributed by atoms with Crippen LogP contribution in [-0.4, -0.2) is 19.4 Å². The van der Waals surface area contributed by atoms with E-state index < -0.39 is 10.0 Å². The monoisotopic (exact) mass is 507 g/mol. The van der Waals surface area contributed by atoms with Crippen LogP contribution in [0, 0.1) is 11.3 Å². The molecule has 6 nitrogen and oxygen atoms in total. The molecule has 0 saturated carbocycles. The fraction of sp³-hybridized carbons (Fsp3) is 0.133. The summed E-state index contributed by atoms with van der Waals surface area (Å²) in [5.74, 6) is 0.638. The van der Waals surface area contributed by atoms with Gasteiger partial charge in [0.2, 0.25) is 10.0 Å². The number of ether oxygens (including phenoxy) is 1. The summed E-state index contributed by atoms with van der Waals surface area (Å²) in [6.07, 6.45) is 0.513. The van der Waals surface area contributed by atoms with Crippen molar-refractivity contribution in [2.45, 2.75) is 30.9 Å². The molecule has 4 aromatic carbocycles. The zero-order valence-corrected chi connectivity index (χ0v) is 21.1. The molecule has 7 heteroatoms. The highest BCUT2D eigenvalue weighted by molar-refractivity contribution is 7.89. The number of hydrogen-bond acceptors (Lipinski definition) is 5. The Kier molecular flexibility index (Phi) is 6.87. The lowest BCUT2D eigenvalue weighted by Gasteiger charge is -2.15. The molecule has 1 N–H and O–H groups in total. The van der Waals surface area contributed by atoms with Crippen LogP contribution in [0.5, 0.6) is 5.75 Å². The van der Waals surface area contributed by atoms with E-state index in [1.807, 2.05) is 73.7 Å². The summed E-state index contributed by atoms with van der Waals surface area (Å²) in [6, 6.07) is 31.5. The highest BCUT2D eigenvalue weighted by Crippen LogP contribution is 2.25. The standard InChI is InChI=1S/C30H25N3O3S/c1-21(16-22-6-8-23(19-31)9-7-22)33-37(34,35)29-15-12-24-11-14-28(17-26(24)18-29)36-20-27-13-10-25-4-2-3-5-30(25)32-27/h2-15,17-18,21,33H,16,20H2,1H3. The number of fused-ring (bicyclic) bond motifs is 2. The summed E-state index contributed by atoms with van der Waals surface area (Å²) < 4.78 is 34.9. The van der Waals surface area contributed by atoms with Crippen molar-refractivity contribution in [2.24, 2.45) is 0 Å². The zero-order valence-electron chi connectivity index (χ0n) is 20.3. The molecule has 0 aliphatic heterocycles. The van der Waals surface area contributed by atoms with Crippen molar-refractivity contribution in [3.8, 4) is 11.8 Å². The molecule has 184 valence electrons. The van der Waals surface area contributed by atoms with E-state index in [-0.39, 0.29) is 10.9 Å². The van der Waals surface area contributed by atoms with Crippen LogP contribution in [0.4, 0.5) is 0 Å². The van der Waals surface area contributed by atoms with Gasteiger partial charge in [-0.25, -0.2) is 18.1 Å². The van der Waals surface area contributed by atoms with E-state index in [9.17, 15) is 8.42 Å². The summed E-state index contributed by atoms with van der Waals surface area (Å²) in [7, 11) is -3.73. The van der Waals surface area contributed by atoms with Crippen molar-refractivity contribution in [1.29, 1.82) is 5.26 Å². The van der Waals surface area contributed by atoms with Crippen molar-refractivity contribution >= 4 is 31.7 Å². The molecule has 5 rings (SSSR count). The molecule has 1 unspecified atom stereocenters. The van der Waals surface area contributed by atoms with Crippen LogP contribution in [0.2, 0.25) is 0 Å². The second-order valence-corrected chi connectivity index (χ2v) is 10.7. The lowest BCUT2D eigenvalue weighted by Crippen LogP contribution is -2.34. The van der Waals surface area contributed by atoms with Crippen LogP contribution >= 0.6 is 0 Å². The van der Waals surface area contributed by atoms with Gasteiger partial charge < -0.3 is 4.74 Å². The van der Waals surface area contributed by atoms with Crippen molar-refractivity contribution in [1.82, 2.24) is 9.71 Å². The Bertz CT molecular complexity index is 1730. The average Bonchev–Trinajstić information content (AvgIpc) is 2.91. The lowest BCUT2D eigenvalue weighted by molar-refractivity contribution is 0.302. The number of rotatable bonds is 8. The summed E-state index contributed by atoms with van der Waals surface area (Å²) in [5.41, 5.74) is 3.26. The third-order valence-electron chi connectivity index (χ3n) is 6.12. The van der Waals surface area contributed by atoms with E-state index in [4.69, 9.17) is 10.00 Å². The molecule has 0 aliphatic carbocycles. The minimum Gasteiger partial charge on any atom is -0.487 e. The van der Waals surface area contributed by atoms with E-state index in [0.717, 1.165) is 32.9 Å². The Morgan fingerprint density at radius 2 is 1.65 bits per heavy atom. The molecule has 1 heterocycles. The number of pyridine rings is 1. The van der Waals surface area contributed by atoms with Gasteiger partial charge >= 0.3 is 0 Å². The maximum atomic E-state index is 13.1. The lowest BCUT2D eigenvalue weighted by atomic mass is 10.1. The molecular weight excluding hydrogens is 482 g/mol. The predicted molar refractivity (Wildman–Crippen MR) is 145 cm³/mol. The molecule has 0 saturated heterocycles. The minimum atomic E-state index is -3.73. The van der Waals surface area contributed by atoms with Crippen molar-refractivity contribution in [2.75, 3.05) is 0 Å². The Morgan fingerprint density at radius 1 is 0.892 bits per heavy atom. The van der Waals surface area contributed by atoms with Gasteiger partial charge in [0.25, 0.3) is 0 Å². The quantitative estimate of drug-likeness (QED) is 0.289. The van der Waals surface area contributed by atoms with Crippen molar-refractivity contribution < 1.29 is 13.2 Å². The van der Waals surface area contributed by atoms with Gasteiger partial charge in [0.05, 0.1) is 27.7 Å². The van der Waals surface area contributed by atoms with E-state index in [2.05, 4.69) is 15.8 Å². The highest BCUT2D eigenvalue weighted by atomic mass is 32.2. The van der Waals surface area contributed by atoms with Crippen LogP contribution < -0.4 is 9.46 Å². The fourth-order valence-corrected chi connectivity index (χ4v) is 5.53. The molecule has 0 aliphatic rings. The van der Waals surface area contributed by atoms with Gasteiger partial charge in [-0.3, -0.25) is 0 Å². The SMILES string of the molecule is CC(Cc1ccc(C#N)cc1)NS(=O)(=O)c1ccc2ccc(OCc3ccc4ccccc4n3)cc2c1. The number of hydrogen-bond donors (Lipinski definition) is 1. The van der Waals surface area contributed by atoms with E-state index in [1.165, 1.54) is 0 Å². The van der Waals surface area contributed by atoms with Gasteiger partial charge in [0.1, 0.15) is 12.4 Å². The Balaban J connectivity index is 1.29. The number of sulfonamides is 1. The number of nitriles is 1. The number of para-hydroxylation sites is 1. The summed E-state index contributed by atoms with van der Waals surface area (Å²) in [6.45, 7) is 2.13. The van der Waals surface area contributed by atoms with Crippen LogP contribution in [0.1, 0.15) is 23.7 Å². The number of aromatic nitrogens is 1. The summed E-state index contributed by atoms with van der Waals surface area (Å²) in [4.78, 5) is 4.83. The first-order valence-electron chi connectivity index (χ1n) is 11.9. The molecule has 1 atom stereocenters. The molecule has 5 aromatic rings. The zero-order chi connectivity index (χ0) is 25.8. The molecule has 1 aromatic heterocycles. The van der Waals surface area contributed by atoms with Gasteiger partial charge in [0, 0.05) is 11.4 Å². The first-order chi connectivity index (χ1) is 17.9. The number of nitrogens with one attached hydrogen (secondary N) is 1. The molecule has 0 bridgehead atoms. The van der Waals surface area contributed by atoms with Gasteiger partial charge in [0.15, 0.2) is 0 Å². The fourth-order valence-electron chi connectivity index (χ4n) is 4.25. The van der Waals surface area contributed by atoms with Crippen molar-refractivity contribution in [3.63, 3.8) is 0 Å². The van der Waals surface area contributed by atoms with Gasteiger partial charge in [-0.1, -0.05) is 48.5 Å². The largest absolute Gasteiger partial charge is 0.487 e. The molecule has 0 radical (unpaired) electrons. The first-order valence-corrected chi connectivity index (χ1v) is 13.4. The maximum Gasteiger partial charge on any atom is 0.240 e. The van der Waals surface area contributed by atoms with Gasteiger partial charge in [-0.2, -0.15) is 5.26 Å². The van der Waals surface area contributed by atoms with Gasteiger partial charge in [-0.05, 0) is 78.2 Å². The predicted octanol–water partition coefficient (Wildman–Crippen LogP) is 5.75. The van der Waals surface area contributed by atoms with Crippen LogP contribution in [0.25, 0.3) is 21.7 Å². The number of nitrogens with zero attached hydrogens (tertiary/aromatic N) is 2. The highest BCUT2D eigenvalue weighted by Gasteiger charge is 2.18. The second kappa shape index (κ2) is 10.4. The van der Waals surface area contributed by atoms with E-state index in [1.54, 1.807) is 30.3 Å². The Hall–Kier alpha value is -4.25. The van der Waals surface area contributed by atoms with Crippen molar-refractivity contribution in [3.05, 3.63) is 114 Å². The first kappa shape index (κ1) is 24.4. The molecular formula is C30H25N3O3S. The number of benzene rings is 4. The van der Waals surface area contributed by atoms with Gasteiger partial charge in [-0.15, -0.1) is 0 Å². The second-order valence-electron chi connectivity index (χ2n) is 8.99. The molecule has 37 heavy (non-hydrogen) atoms. The third-order valence-corrected chi connectivity index (χ3v) is 7.70. The summed E-state index contributed by atoms with van der Waals surface area (Å²) >= 11 is 0. The minimum absolute atomic E-state index is 0.194. The van der Waals surface area contributed by atoms with Crippen LogP contribution in [0.15, 0.2) is 102 Å². The average molecular weight is 508 g/mol. The van der Waals surface area contributed by atoms with E-state index >= 15 is 0 Å².